The van der Waals surface area contributed by atoms with Crippen molar-refractivity contribution >= 4 is 29.2 Å². The Morgan fingerprint density at radius 3 is 2.54 bits per heavy atom. The standard InChI is InChI=1S/C23H18F3N5O3S/c24-23(25,26)16-8-7-13(9-27-16)14-3-1-2-4-15(14)19(32)28-10-22(20(33)30-21(34)31-22)18-17(12-5-6-12)35-11-29-18/h1-4,7-9,11-12H,5-6,10H2,(H,28,32)(H2,30,31,33,34). The molecule has 1 saturated carbocycles. The van der Waals surface area contributed by atoms with Crippen LogP contribution in [0.3, 0.4) is 0 Å². The fourth-order valence-electron chi connectivity index (χ4n) is 4.04. The largest absolute Gasteiger partial charge is 0.433 e. The highest BCUT2D eigenvalue weighted by Crippen LogP contribution is 2.46. The molecule has 2 aliphatic rings. The Hall–Kier alpha value is -3.80. The number of rotatable bonds is 6. The van der Waals surface area contributed by atoms with Gasteiger partial charge in [-0.05, 0) is 36.5 Å². The number of halogens is 3. The van der Waals surface area contributed by atoms with Crippen molar-refractivity contribution in [1.82, 2.24) is 25.9 Å². The second-order valence-corrected chi connectivity index (χ2v) is 9.20. The molecule has 1 aromatic carbocycles. The number of alkyl halides is 3. The maximum atomic E-state index is 13.2. The Morgan fingerprint density at radius 2 is 1.91 bits per heavy atom. The van der Waals surface area contributed by atoms with Crippen LogP contribution >= 0.6 is 11.3 Å². The first-order chi connectivity index (χ1) is 16.7. The third kappa shape index (κ3) is 4.25. The monoisotopic (exact) mass is 501 g/mol. The summed E-state index contributed by atoms with van der Waals surface area (Å²) in [5.74, 6) is -0.920. The quantitative estimate of drug-likeness (QED) is 0.447. The van der Waals surface area contributed by atoms with Gasteiger partial charge in [0.25, 0.3) is 11.8 Å². The molecular weight excluding hydrogens is 483 g/mol. The van der Waals surface area contributed by atoms with Gasteiger partial charge in [0.2, 0.25) is 0 Å². The van der Waals surface area contributed by atoms with E-state index in [0.29, 0.717) is 16.8 Å². The fourth-order valence-corrected chi connectivity index (χ4v) is 5.08. The second-order valence-electron chi connectivity index (χ2n) is 8.31. The smallest absolute Gasteiger partial charge is 0.349 e. The van der Waals surface area contributed by atoms with E-state index in [0.717, 1.165) is 30.0 Å². The molecule has 0 spiro atoms. The highest BCUT2D eigenvalue weighted by atomic mass is 32.1. The number of urea groups is 1. The second kappa shape index (κ2) is 8.45. The number of carbonyl (C=O) groups excluding carboxylic acids is 3. The van der Waals surface area contributed by atoms with Crippen LogP contribution in [-0.2, 0) is 16.5 Å². The number of imide groups is 1. The Morgan fingerprint density at radius 1 is 1.14 bits per heavy atom. The predicted molar refractivity (Wildman–Crippen MR) is 119 cm³/mol. The summed E-state index contributed by atoms with van der Waals surface area (Å²) in [4.78, 5) is 46.8. The molecule has 1 saturated heterocycles. The number of hydrogen-bond acceptors (Lipinski definition) is 6. The number of hydrogen-bond donors (Lipinski definition) is 3. The van der Waals surface area contributed by atoms with E-state index in [2.05, 4.69) is 25.9 Å². The summed E-state index contributed by atoms with van der Waals surface area (Å²) < 4.78 is 38.6. The Kier molecular flexibility index (Phi) is 5.55. The van der Waals surface area contributed by atoms with Crippen LogP contribution < -0.4 is 16.0 Å². The number of nitrogens with one attached hydrogen (secondary N) is 3. The van der Waals surface area contributed by atoms with Crippen LogP contribution in [0.5, 0.6) is 0 Å². The van der Waals surface area contributed by atoms with E-state index in [1.807, 2.05) is 0 Å². The van der Waals surface area contributed by atoms with Crippen LogP contribution in [0, 0.1) is 0 Å². The lowest BCUT2D eigenvalue weighted by Gasteiger charge is -2.26. The molecule has 35 heavy (non-hydrogen) atoms. The van der Waals surface area contributed by atoms with Crippen molar-refractivity contribution in [1.29, 1.82) is 0 Å². The van der Waals surface area contributed by atoms with Crippen molar-refractivity contribution in [3.8, 4) is 11.1 Å². The zero-order valence-electron chi connectivity index (χ0n) is 18.0. The van der Waals surface area contributed by atoms with Crippen molar-refractivity contribution in [3.63, 3.8) is 0 Å². The Balaban J connectivity index is 1.42. The summed E-state index contributed by atoms with van der Waals surface area (Å²) in [6.07, 6.45) is -1.60. The third-order valence-electron chi connectivity index (χ3n) is 5.94. The molecule has 1 atom stereocenters. The molecule has 3 heterocycles. The number of carbonyl (C=O) groups is 3. The third-order valence-corrected chi connectivity index (χ3v) is 6.93. The Labute approximate surface area is 201 Å². The highest BCUT2D eigenvalue weighted by Gasteiger charge is 2.52. The molecular formula is C23H18F3N5O3S. The zero-order chi connectivity index (χ0) is 24.8. The van der Waals surface area contributed by atoms with E-state index in [4.69, 9.17) is 0 Å². The van der Waals surface area contributed by atoms with Crippen molar-refractivity contribution in [2.24, 2.45) is 0 Å². The van der Waals surface area contributed by atoms with E-state index in [-0.39, 0.29) is 18.0 Å². The van der Waals surface area contributed by atoms with E-state index < -0.39 is 35.3 Å². The van der Waals surface area contributed by atoms with Gasteiger partial charge in [-0.2, -0.15) is 13.2 Å². The molecule has 12 heteroatoms. The lowest BCUT2D eigenvalue weighted by molar-refractivity contribution is -0.141. The average molecular weight is 501 g/mol. The molecule has 8 nitrogen and oxygen atoms in total. The minimum atomic E-state index is -4.58. The molecule has 2 fully saturated rings. The lowest BCUT2D eigenvalue weighted by Crippen LogP contribution is -2.53. The highest BCUT2D eigenvalue weighted by molar-refractivity contribution is 7.09. The lowest BCUT2D eigenvalue weighted by atomic mass is 9.92. The van der Waals surface area contributed by atoms with Gasteiger partial charge in [-0.15, -0.1) is 11.3 Å². The van der Waals surface area contributed by atoms with E-state index in [9.17, 15) is 27.6 Å². The zero-order valence-corrected chi connectivity index (χ0v) is 18.8. The molecule has 1 unspecified atom stereocenters. The van der Waals surface area contributed by atoms with Gasteiger partial charge in [-0.1, -0.05) is 24.3 Å². The summed E-state index contributed by atoms with van der Waals surface area (Å²) in [6, 6.07) is 7.76. The predicted octanol–water partition coefficient (Wildman–Crippen LogP) is 3.57. The average Bonchev–Trinajstić information content (AvgIpc) is 3.48. The van der Waals surface area contributed by atoms with Crippen molar-refractivity contribution in [3.05, 3.63) is 69.9 Å². The number of nitrogens with zero attached hydrogens (tertiary/aromatic N) is 2. The minimum Gasteiger partial charge on any atom is -0.349 e. The van der Waals surface area contributed by atoms with E-state index >= 15 is 0 Å². The number of thiazole rings is 1. The van der Waals surface area contributed by atoms with E-state index in [1.54, 1.807) is 23.7 Å². The molecule has 3 aromatic rings. The SMILES string of the molecule is O=C1NC(=O)C(CNC(=O)c2ccccc2-c2ccc(C(F)(F)F)nc2)(c2ncsc2C2CC2)N1. The first kappa shape index (κ1) is 23.0. The molecule has 0 bridgehead atoms. The van der Waals surface area contributed by atoms with Gasteiger partial charge in [-0.3, -0.25) is 19.9 Å². The Bertz CT molecular complexity index is 1320. The fraction of sp³-hybridized carbons (Fsp3) is 0.261. The summed E-state index contributed by atoms with van der Waals surface area (Å²) in [5, 5.41) is 7.56. The maximum absolute atomic E-state index is 13.2. The molecule has 4 amide bonds. The first-order valence-electron chi connectivity index (χ1n) is 10.7. The molecule has 2 aromatic heterocycles. The molecule has 5 rings (SSSR count). The van der Waals surface area contributed by atoms with Crippen LogP contribution in [0.15, 0.2) is 48.1 Å². The summed E-state index contributed by atoms with van der Waals surface area (Å²) >= 11 is 1.40. The number of aromatic nitrogens is 2. The minimum absolute atomic E-state index is 0.176. The van der Waals surface area contributed by atoms with Gasteiger partial charge >= 0.3 is 12.2 Å². The number of pyridine rings is 1. The van der Waals surface area contributed by atoms with Crippen LogP contribution in [0.1, 0.15) is 45.4 Å². The van der Waals surface area contributed by atoms with Gasteiger partial charge < -0.3 is 10.6 Å². The van der Waals surface area contributed by atoms with Crippen LogP contribution in [0.25, 0.3) is 11.1 Å². The van der Waals surface area contributed by atoms with Crippen molar-refractivity contribution in [2.75, 3.05) is 6.54 Å². The van der Waals surface area contributed by atoms with Gasteiger partial charge in [0.05, 0.1) is 17.7 Å². The summed E-state index contributed by atoms with van der Waals surface area (Å²) in [7, 11) is 0. The molecule has 1 aliphatic carbocycles. The van der Waals surface area contributed by atoms with Gasteiger partial charge in [0, 0.05) is 22.2 Å². The molecule has 1 aliphatic heterocycles. The summed E-state index contributed by atoms with van der Waals surface area (Å²) in [6.45, 7) is -0.257. The molecule has 3 N–H and O–H groups in total. The van der Waals surface area contributed by atoms with Gasteiger partial charge in [0.15, 0.2) is 5.54 Å². The number of benzene rings is 1. The first-order valence-corrected chi connectivity index (χ1v) is 11.6. The normalized spacial score (nSPS) is 19.9. The van der Waals surface area contributed by atoms with Crippen molar-refractivity contribution < 1.29 is 27.6 Å². The van der Waals surface area contributed by atoms with Crippen LogP contribution in [0.4, 0.5) is 18.0 Å². The summed E-state index contributed by atoms with van der Waals surface area (Å²) in [5.41, 5.74) is 0.284. The van der Waals surface area contributed by atoms with Crippen LogP contribution in [-0.4, -0.2) is 34.4 Å². The van der Waals surface area contributed by atoms with Crippen LogP contribution in [0.2, 0.25) is 0 Å². The van der Waals surface area contributed by atoms with Gasteiger partial charge in [-0.25, -0.2) is 9.78 Å². The maximum Gasteiger partial charge on any atom is 0.433 e. The van der Waals surface area contributed by atoms with Crippen molar-refractivity contribution in [2.45, 2.75) is 30.5 Å². The molecule has 0 radical (unpaired) electrons. The molecule has 180 valence electrons. The van der Waals surface area contributed by atoms with E-state index in [1.165, 1.54) is 23.5 Å². The number of amides is 4. The topological polar surface area (TPSA) is 113 Å². The van der Waals surface area contributed by atoms with Gasteiger partial charge in [0.1, 0.15) is 5.69 Å².